The largest absolute Gasteiger partial charge is 0.487 e. The minimum absolute atomic E-state index is 0.165. The Kier molecular flexibility index (Phi) is 4.81. The Morgan fingerprint density at radius 1 is 0.966 bits per heavy atom. The predicted octanol–water partition coefficient (Wildman–Crippen LogP) is 4.30. The van der Waals surface area contributed by atoms with E-state index in [1.54, 1.807) is 12.1 Å². The molecule has 3 heterocycles. The number of rotatable bonds is 4. The number of pyridine rings is 1. The average molecular weight is 394 g/mol. The van der Waals surface area contributed by atoms with Gasteiger partial charge in [-0.05, 0) is 24.3 Å². The van der Waals surface area contributed by atoms with Gasteiger partial charge in [-0.15, -0.1) is 0 Å². The fourth-order valence-corrected chi connectivity index (χ4v) is 4.04. The third-order valence-corrected chi connectivity index (χ3v) is 5.67. The van der Waals surface area contributed by atoms with Gasteiger partial charge in [0.1, 0.15) is 29.5 Å². The van der Waals surface area contributed by atoms with Gasteiger partial charge in [0.05, 0.1) is 13.2 Å². The van der Waals surface area contributed by atoms with Crippen molar-refractivity contribution in [3.63, 3.8) is 0 Å². The van der Waals surface area contributed by atoms with Crippen LogP contribution < -0.4 is 9.64 Å². The lowest BCUT2D eigenvalue weighted by Crippen LogP contribution is -2.45. The number of para-hydroxylation sites is 1. The molecule has 2 fully saturated rings. The minimum atomic E-state index is -0.401. The van der Waals surface area contributed by atoms with Crippen LogP contribution in [-0.4, -0.2) is 37.1 Å². The summed E-state index contributed by atoms with van der Waals surface area (Å²) in [5.41, 5.74) is 1.31. The summed E-state index contributed by atoms with van der Waals surface area (Å²) in [6, 6.07) is 16.6. The zero-order chi connectivity index (χ0) is 19.7. The highest BCUT2D eigenvalue weighted by molar-refractivity contribution is 5.86. The van der Waals surface area contributed by atoms with E-state index in [9.17, 15) is 4.39 Å². The lowest BCUT2D eigenvalue weighted by Gasteiger charge is -2.38. The Labute approximate surface area is 169 Å². The molecule has 3 aromatic rings. The smallest absolute Gasteiger partial charge is 0.171 e. The molecule has 2 aromatic carbocycles. The third-order valence-electron chi connectivity index (χ3n) is 5.67. The predicted molar refractivity (Wildman–Crippen MR) is 109 cm³/mol. The molecular weight excluding hydrogens is 371 g/mol. The molecule has 1 aromatic heterocycles. The summed E-state index contributed by atoms with van der Waals surface area (Å²) in [5.74, 6) is 0.900. The molecule has 0 aliphatic carbocycles. The molecule has 0 N–H and O–H groups in total. The number of hydrogen-bond donors (Lipinski definition) is 0. The van der Waals surface area contributed by atoms with E-state index in [4.69, 9.17) is 19.2 Å². The van der Waals surface area contributed by atoms with E-state index in [0.717, 1.165) is 42.7 Å². The zero-order valence-electron chi connectivity index (χ0n) is 16.1. The van der Waals surface area contributed by atoms with Gasteiger partial charge in [-0.3, -0.25) is 0 Å². The fraction of sp³-hybridized carbons (Fsp3) is 0.348. The van der Waals surface area contributed by atoms with E-state index >= 15 is 0 Å². The number of ether oxygens (including phenoxy) is 3. The maximum atomic E-state index is 13.9. The normalized spacial score (nSPS) is 18.4. The van der Waals surface area contributed by atoms with E-state index in [1.807, 2.05) is 30.3 Å². The van der Waals surface area contributed by atoms with Crippen LogP contribution in [0.3, 0.4) is 0 Å². The summed E-state index contributed by atoms with van der Waals surface area (Å²) < 4.78 is 31.5. The molecule has 5 rings (SSSR count). The van der Waals surface area contributed by atoms with Gasteiger partial charge in [0.25, 0.3) is 0 Å². The van der Waals surface area contributed by atoms with Crippen LogP contribution in [0, 0.1) is 5.82 Å². The van der Waals surface area contributed by atoms with Crippen molar-refractivity contribution in [1.29, 1.82) is 0 Å². The van der Waals surface area contributed by atoms with Crippen molar-refractivity contribution >= 4 is 16.7 Å². The number of fused-ring (bicyclic) bond motifs is 1. The summed E-state index contributed by atoms with van der Waals surface area (Å²) in [7, 11) is 0. The van der Waals surface area contributed by atoms with Gasteiger partial charge in [-0.25, -0.2) is 9.37 Å². The molecule has 2 saturated heterocycles. The maximum absolute atomic E-state index is 13.9. The molecule has 5 nitrogen and oxygen atoms in total. The van der Waals surface area contributed by atoms with Crippen LogP contribution in [0.2, 0.25) is 0 Å². The van der Waals surface area contributed by atoms with Gasteiger partial charge < -0.3 is 19.1 Å². The van der Waals surface area contributed by atoms with E-state index in [1.165, 1.54) is 6.07 Å². The highest BCUT2D eigenvalue weighted by Gasteiger charge is 2.40. The van der Waals surface area contributed by atoms with Crippen LogP contribution in [0.5, 0.6) is 5.75 Å². The first-order chi connectivity index (χ1) is 14.2. The first kappa shape index (κ1) is 18.3. The fourth-order valence-electron chi connectivity index (χ4n) is 4.04. The Morgan fingerprint density at radius 2 is 1.76 bits per heavy atom. The molecule has 0 atom stereocenters. The summed E-state index contributed by atoms with van der Waals surface area (Å²) in [6.07, 6.45) is 1.66. The molecule has 0 amide bonds. The van der Waals surface area contributed by atoms with Crippen molar-refractivity contribution in [2.75, 3.05) is 31.2 Å². The zero-order valence-corrected chi connectivity index (χ0v) is 16.1. The highest BCUT2D eigenvalue weighted by Crippen LogP contribution is 2.34. The van der Waals surface area contributed by atoms with Crippen LogP contribution >= 0.6 is 0 Å². The van der Waals surface area contributed by atoms with E-state index < -0.39 is 5.79 Å². The molecule has 150 valence electrons. The number of benzene rings is 2. The van der Waals surface area contributed by atoms with E-state index in [0.29, 0.717) is 24.5 Å². The second kappa shape index (κ2) is 7.61. The topological polar surface area (TPSA) is 43.8 Å². The summed E-state index contributed by atoms with van der Waals surface area (Å²) >= 11 is 0. The Bertz CT molecular complexity index is 1010. The first-order valence-corrected chi connectivity index (χ1v) is 10.0. The molecule has 0 bridgehead atoms. The Balaban J connectivity index is 1.37. The van der Waals surface area contributed by atoms with Gasteiger partial charge >= 0.3 is 0 Å². The number of halogens is 1. The molecule has 0 saturated carbocycles. The van der Waals surface area contributed by atoms with E-state index in [2.05, 4.69) is 11.0 Å². The lowest BCUT2D eigenvalue weighted by atomic mass is 10.0. The van der Waals surface area contributed by atoms with Crippen molar-refractivity contribution in [1.82, 2.24) is 4.98 Å². The molecule has 2 aliphatic rings. The van der Waals surface area contributed by atoms with Crippen molar-refractivity contribution in [3.05, 3.63) is 66.0 Å². The summed E-state index contributed by atoms with van der Waals surface area (Å²) in [6.45, 7) is 3.18. The average Bonchev–Trinajstić information content (AvgIpc) is 3.21. The maximum Gasteiger partial charge on any atom is 0.171 e. The monoisotopic (exact) mass is 394 g/mol. The molecule has 1 spiro atoms. The summed E-state index contributed by atoms with van der Waals surface area (Å²) in [4.78, 5) is 7.13. The second-order valence-corrected chi connectivity index (χ2v) is 7.47. The molecule has 2 aliphatic heterocycles. The molecule has 29 heavy (non-hydrogen) atoms. The number of piperidine rings is 1. The highest BCUT2D eigenvalue weighted by atomic mass is 19.1. The number of anilines is 1. The standard InChI is InChI=1S/C23H23FN2O3/c24-19-6-2-1-4-18(19)16-27-20-7-3-5-17-8-9-21(25-22(17)20)26-12-10-23(11-13-26)28-14-15-29-23/h1-9H,10-16H2. The van der Waals surface area contributed by atoms with Crippen LogP contribution in [0.25, 0.3) is 10.9 Å². The molecule has 0 unspecified atom stereocenters. The number of aromatic nitrogens is 1. The number of hydrogen-bond acceptors (Lipinski definition) is 5. The van der Waals surface area contributed by atoms with Crippen LogP contribution in [0.4, 0.5) is 10.2 Å². The van der Waals surface area contributed by atoms with Gasteiger partial charge in [0.2, 0.25) is 0 Å². The number of nitrogens with zero attached hydrogens (tertiary/aromatic N) is 2. The van der Waals surface area contributed by atoms with Crippen molar-refractivity contribution in [2.24, 2.45) is 0 Å². The molecular formula is C23H23FN2O3. The minimum Gasteiger partial charge on any atom is -0.487 e. The third kappa shape index (κ3) is 3.66. The van der Waals surface area contributed by atoms with Crippen LogP contribution in [0.15, 0.2) is 54.6 Å². The van der Waals surface area contributed by atoms with E-state index in [-0.39, 0.29) is 12.4 Å². The van der Waals surface area contributed by atoms with Crippen molar-refractivity contribution in [2.45, 2.75) is 25.2 Å². The first-order valence-electron chi connectivity index (χ1n) is 10.0. The SMILES string of the molecule is Fc1ccccc1COc1cccc2ccc(N3CCC4(CC3)OCCO4)nc12. The van der Waals surface area contributed by atoms with Gasteiger partial charge in [0.15, 0.2) is 5.79 Å². The van der Waals surface area contributed by atoms with Crippen molar-refractivity contribution < 1.29 is 18.6 Å². The molecule has 0 radical (unpaired) electrons. The van der Waals surface area contributed by atoms with Crippen LogP contribution in [-0.2, 0) is 16.1 Å². The lowest BCUT2D eigenvalue weighted by molar-refractivity contribution is -0.169. The summed E-state index contributed by atoms with van der Waals surface area (Å²) in [5, 5.41) is 0.996. The molecule has 6 heteroatoms. The van der Waals surface area contributed by atoms with Crippen molar-refractivity contribution in [3.8, 4) is 5.75 Å². The second-order valence-electron chi connectivity index (χ2n) is 7.47. The van der Waals surface area contributed by atoms with Gasteiger partial charge in [0, 0.05) is 36.9 Å². The quantitative estimate of drug-likeness (QED) is 0.660. The Hall–Kier alpha value is -2.70. The van der Waals surface area contributed by atoms with Gasteiger partial charge in [-0.2, -0.15) is 0 Å². The van der Waals surface area contributed by atoms with Crippen LogP contribution in [0.1, 0.15) is 18.4 Å². The Morgan fingerprint density at radius 3 is 2.55 bits per heavy atom. The van der Waals surface area contributed by atoms with Gasteiger partial charge in [-0.1, -0.05) is 30.3 Å².